The topological polar surface area (TPSA) is 41.8 Å². The Kier molecular flexibility index (Phi) is 1.83. The molecule has 0 spiro atoms. The van der Waals surface area contributed by atoms with Gasteiger partial charge < -0.3 is 15.0 Å². The van der Waals surface area contributed by atoms with Gasteiger partial charge >= 0.3 is 0 Å². The number of quaternary nitrogens is 1. The van der Waals surface area contributed by atoms with Crippen molar-refractivity contribution in [2.45, 2.75) is 31.8 Å². The van der Waals surface area contributed by atoms with Gasteiger partial charge in [0.15, 0.2) is 0 Å². The van der Waals surface area contributed by atoms with Gasteiger partial charge in [0, 0.05) is 17.3 Å². The van der Waals surface area contributed by atoms with E-state index >= 15 is 0 Å². The number of aryl methyl sites for hydroxylation is 1. The minimum absolute atomic E-state index is 0.391. The van der Waals surface area contributed by atoms with Crippen LogP contribution in [0.25, 0.3) is 10.9 Å². The fourth-order valence-corrected chi connectivity index (χ4v) is 3.63. The van der Waals surface area contributed by atoms with Gasteiger partial charge in [-0.15, -0.1) is 0 Å². The molecular formula is C14H17N2O+. The summed E-state index contributed by atoms with van der Waals surface area (Å²) >= 11 is 0. The number of hydrogen-bond acceptors (Lipinski definition) is 1. The first-order chi connectivity index (χ1) is 8.34. The highest BCUT2D eigenvalue weighted by atomic mass is 16.3. The highest BCUT2D eigenvalue weighted by Crippen LogP contribution is 2.37. The van der Waals surface area contributed by atoms with E-state index in [0.717, 1.165) is 6.54 Å². The standard InChI is InChI=1S/C14H16N2O/c17-9-4-5-13-11(8-9)10-2-1-3-12-14(10)16(13)7-6-15-12/h4-5,8,12,15,17H,1-3,6-7H2/p+1/t12-/m1/s1. The normalized spacial score (nSPS) is 22.7. The Morgan fingerprint density at radius 2 is 2.29 bits per heavy atom. The summed E-state index contributed by atoms with van der Waals surface area (Å²) in [5, 5.41) is 13.4. The minimum Gasteiger partial charge on any atom is -0.508 e. The smallest absolute Gasteiger partial charge is 0.127 e. The summed E-state index contributed by atoms with van der Waals surface area (Å²) in [5.74, 6) is 0.391. The molecule has 3 nitrogen and oxygen atoms in total. The van der Waals surface area contributed by atoms with Crippen molar-refractivity contribution in [3.8, 4) is 5.75 Å². The Balaban J connectivity index is 2.11. The molecule has 0 saturated carbocycles. The summed E-state index contributed by atoms with van der Waals surface area (Å²) in [4.78, 5) is 0. The first-order valence-corrected chi connectivity index (χ1v) is 6.52. The predicted octanol–water partition coefficient (Wildman–Crippen LogP) is 1.30. The fraction of sp³-hybridized carbons (Fsp3) is 0.429. The Morgan fingerprint density at radius 3 is 3.24 bits per heavy atom. The quantitative estimate of drug-likeness (QED) is 0.702. The third kappa shape index (κ3) is 1.20. The summed E-state index contributed by atoms with van der Waals surface area (Å²) in [6, 6.07) is 6.48. The van der Waals surface area contributed by atoms with Crippen molar-refractivity contribution in [1.82, 2.24) is 4.57 Å². The SMILES string of the molecule is Oc1ccc2c(c1)c1c3n2CC[NH2+][C@@H]3CCC1. The molecule has 3 N–H and O–H groups in total. The molecule has 2 aromatic rings. The van der Waals surface area contributed by atoms with Crippen LogP contribution in [0.1, 0.15) is 30.1 Å². The lowest BCUT2D eigenvalue weighted by atomic mass is 9.91. The van der Waals surface area contributed by atoms with Gasteiger partial charge in [-0.05, 0) is 36.6 Å². The van der Waals surface area contributed by atoms with Gasteiger partial charge in [0.05, 0.1) is 18.8 Å². The van der Waals surface area contributed by atoms with Crippen LogP contribution in [0.4, 0.5) is 0 Å². The second kappa shape index (κ2) is 3.26. The van der Waals surface area contributed by atoms with E-state index in [-0.39, 0.29) is 0 Å². The number of aromatic hydroxyl groups is 1. The molecule has 88 valence electrons. The molecular weight excluding hydrogens is 212 g/mol. The Morgan fingerprint density at radius 1 is 1.35 bits per heavy atom. The van der Waals surface area contributed by atoms with Crippen LogP contribution in [0.3, 0.4) is 0 Å². The van der Waals surface area contributed by atoms with E-state index in [2.05, 4.69) is 16.0 Å². The lowest BCUT2D eigenvalue weighted by molar-refractivity contribution is -0.704. The van der Waals surface area contributed by atoms with Crippen LogP contribution in [0, 0.1) is 0 Å². The van der Waals surface area contributed by atoms with Gasteiger partial charge in [-0.1, -0.05) is 0 Å². The minimum atomic E-state index is 0.391. The van der Waals surface area contributed by atoms with E-state index < -0.39 is 0 Å². The molecule has 1 atom stereocenters. The van der Waals surface area contributed by atoms with Gasteiger partial charge in [-0.25, -0.2) is 0 Å². The van der Waals surface area contributed by atoms with Crippen LogP contribution < -0.4 is 5.32 Å². The summed E-state index contributed by atoms with van der Waals surface area (Å²) in [6.07, 6.45) is 3.75. The molecule has 1 aliphatic carbocycles. The highest BCUT2D eigenvalue weighted by Gasteiger charge is 2.32. The summed E-state index contributed by atoms with van der Waals surface area (Å²) < 4.78 is 2.48. The molecule has 0 radical (unpaired) electrons. The number of phenols is 1. The van der Waals surface area contributed by atoms with Gasteiger partial charge in [-0.3, -0.25) is 0 Å². The Bertz CT molecular complexity index is 598. The number of phenolic OH excluding ortho intramolecular Hbond substituents is 1. The van der Waals surface area contributed by atoms with Crippen LogP contribution >= 0.6 is 0 Å². The number of benzene rings is 1. The van der Waals surface area contributed by atoms with E-state index in [1.807, 2.05) is 12.1 Å². The Hall–Kier alpha value is -1.48. The summed E-state index contributed by atoms with van der Waals surface area (Å²) in [6.45, 7) is 2.29. The van der Waals surface area contributed by atoms with Gasteiger partial charge in [0.1, 0.15) is 11.8 Å². The van der Waals surface area contributed by atoms with Crippen LogP contribution in [-0.2, 0) is 13.0 Å². The predicted molar refractivity (Wildman–Crippen MR) is 66.1 cm³/mol. The van der Waals surface area contributed by atoms with Crippen LogP contribution in [0.15, 0.2) is 18.2 Å². The number of fused-ring (bicyclic) bond motifs is 3. The molecule has 0 bridgehead atoms. The zero-order chi connectivity index (χ0) is 11.4. The molecule has 0 fully saturated rings. The highest BCUT2D eigenvalue weighted by molar-refractivity contribution is 5.87. The first-order valence-electron chi connectivity index (χ1n) is 6.52. The summed E-state index contributed by atoms with van der Waals surface area (Å²) in [7, 11) is 0. The molecule has 1 aromatic carbocycles. The van der Waals surface area contributed by atoms with E-state index in [4.69, 9.17) is 0 Å². The van der Waals surface area contributed by atoms with Gasteiger partial charge in [0.2, 0.25) is 0 Å². The second-order valence-electron chi connectivity index (χ2n) is 5.24. The van der Waals surface area contributed by atoms with Crippen molar-refractivity contribution < 1.29 is 10.4 Å². The first kappa shape index (κ1) is 9.54. The average Bonchev–Trinajstić information content (AvgIpc) is 2.67. The maximum absolute atomic E-state index is 9.68. The van der Waals surface area contributed by atoms with Crippen molar-refractivity contribution in [2.75, 3.05) is 6.54 Å². The molecule has 0 saturated heterocycles. The number of nitrogens with zero attached hydrogens (tertiary/aromatic N) is 1. The molecule has 0 amide bonds. The van der Waals surface area contributed by atoms with E-state index in [0.29, 0.717) is 11.8 Å². The third-order valence-corrected chi connectivity index (χ3v) is 4.29. The largest absolute Gasteiger partial charge is 0.508 e. The maximum Gasteiger partial charge on any atom is 0.127 e. The van der Waals surface area contributed by atoms with Crippen molar-refractivity contribution >= 4 is 10.9 Å². The number of rotatable bonds is 0. The van der Waals surface area contributed by atoms with Crippen molar-refractivity contribution in [3.63, 3.8) is 0 Å². The monoisotopic (exact) mass is 229 g/mol. The maximum atomic E-state index is 9.68. The molecule has 0 unspecified atom stereocenters. The van der Waals surface area contributed by atoms with Gasteiger partial charge in [0.25, 0.3) is 0 Å². The summed E-state index contributed by atoms with van der Waals surface area (Å²) in [5.41, 5.74) is 4.33. The molecule has 3 heteroatoms. The van der Waals surface area contributed by atoms with Crippen LogP contribution in [0.2, 0.25) is 0 Å². The second-order valence-corrected chi connectivity index (χ2v) is 5.24. The molecule has 17 heavy (non-hydrogen) atoms. The van der Waals surface area contributed by atoms with Crippen molar-refractivity contribution in [2.24, 2.45) is 0 Å². The molecule has 2 heterocycles. The lowest BCUT2D eigenvalue weighted by Gasteiger charge is -2.27. The number of nitrogens with two attached hydrogens (primary N) is 1. The zero-order valence-corrected chi connectivity index (χ0v) is 9.82. The van der Waals surface area contributed by atoms with Crippen LogP contribution in [0.5, 0.6) is 5.75 Å². The van der Waals surface area contributed by atoms with Crippen molar-refractivity contribution in [3.05, 3.63) is 29.5 Å². The average molecular weight is 229 g/mol. The molecule has 4 rings (SSSR count). The van der Waals surface area contributed by atoms with Crippen LogP contribution in [-0.4, -0.2) is 16.2 Å². The fourth-order valence-electron chi connectivity index (χ4n) is 3.63. The van der Waals surface area contributed by atoms with E-state index in [9.17, 15) is 5.11 Å². The molecule has 1 aromatic heterocycles. The van der Waals surface area contributed by atoms with E-state index in [1.165, 1.54) is 48.0 Å². The third-order valence-electron chi connectivity index (χ3n) is 4.29. The lowest BCUT2D eigenvalue weighted by Crippen LogP contribution is -2.88. The molecule has 2 aliphatic rings. The number of aromatic nitrogens is 1. The molecule has 1 aliphatic heterocycles. The van der Waals surface area contributed by atoms with E-state index in [1.54, 1.807) is 0 Å². The zero-order valence-electron chi connectivity index (χ0n) is 9.82. The van der Waals surface area contributed by atoms with Gasteiger partial charge in [-0.2, -0.15) is 0 Å². The number of hydrogen-bond donors (Lipinski definition) is 2. The Labute approximate surface area is 100 Å². The van der Waals surface area contributed by atoms with Crippen molar-refractivity contribution in [1.29, 1.82) is 0 Å².